The zero-order valence-electron chi connectivity index (χ0n) is 26.6. The Kier molecular flexibility index (Phi) is 26.3. The van der Waals surface area contributed by atoms with Crippen molar-refractivity contribution < 1.29 is 65.4 Å². The van der Waals surface area contributed by atoms with Crippen LogP contribution in [0.1, 0.15) is 77.6 Å². The predicted octanol–water partition coefficient (Wildman–Crippen LogP) is 7.60. The van der Waals surface area contributed by atoms with E-state index >= 15 is 0 Å². The minimum absolute atomic E-state index is 0. The fourth-order valence-corrected chi connectivity index (χ4v) is 8.77. The second-order valence-electron chi connectivity index (χ2n) is 7.87. The fraction of sp³-hybridized carbons (Fsp3) is 0.333. The summed E-state index contributed by atoms with van der Waals surface area (Å²) in [7, 11) is -2.65. The molecule has 0 aliphatic rings. The molecule has 0 N–H and O–H groups in total. The van der Waals surface area contributed by atoms with E-state index in [4.69, 9.17) is 0 Å². The molecule has 0 atom stereocenters. The average molecular weight is 687 g/mol. The Bertz CT molecular complexity index is 980. The third kappa shape index (κ3) is 11.6. The van der Waals surface area contributed by atoms with Crippen LogP contribution in [0.2, 0.25) is 0 Å². The Morgan fingerprint density at radius 3 is 0.718 bits per heavy atom. The summed E-state index contributed by atoms with van der Waals surface area (Å²) in [6, 6.07) is 40.2. The topological polar surface area (TPSA) is 0 Å². The Morgan fingerprint density at radius 1 is 0.385 bits per heavy atom. The molecular weight excluding hydrogens is 638 g/mol. The normalized spacial score (nSPS) is 9.13. The summed E-state index contributed by atoms with van der Waals surface area (Å²) in [6.45, 7) is 24.6. The fourth-order valence-electron chi connectivity index (χ4n) is 4.06. The molecule has 2 radical (unpaired) electrons. The second kappa shape index (κ2) is 24.0. The van der Waals surface area contributed by atoms with E-state index in [2.05, 4.69) is 100 Å². The molecule has 206 valence electrons. The van der Waals surface area contributed by atoms with Crippen LogP contribution in [0.3, 0.4) is 0 Å². The first-order valence-electron chi connectivity index (χ1n) is 14.0. The maximum absolute atomic E-state index is 3.61. The van der Waals surface area contributed by atoms with Crippen molar-refractivity contribution in [3.63, 3.8) is 0 Å². The van der Waals surface area contributed by atoms with Crippen LogP contribution in [0.4, 0.5) is 0 Å². The average Bonchev–Trinajstić information content (AvgIpc) is 2.94. The van der Waals surface area contributed by atoms with Gasteiger partial charge in [-0.3, -0.25) is 0 Å². The molecule has 0 saturated carbocycles. The molecule has 0 amide bonds. The first-order chi connectivity index (χ1) is 18.0. The van der Waals surface area contributed by atoms with Gasteiger partial charge in [0, 0.05) is 65.4 Å². The van der Waals surface area contributed by atoms with E-state index in [1.54, 1.807) is 0 Å². The molecular formula is C36H48SiY2-4. The zero-order valence-corrected chi connectivity index (χ0v) is 33.3. The van der Waals surface area contributed by atoms with E-state index in [0.717, 1.165) is 0 Å². The van der Waals surface area contributed by atoms with Crippen molar-refractivity contribution in [3.8, 4) is 0 Å². The SMILES string of the molecule is CC.CC.CC.CC.Cc1cc[c-]c([Si](c2[c-]ccc(C)c2)(c2[c-]ccc(C)c2)c2[c-]ccc(C)c2)c1.[Y].[Y]. The minimum Gasteiger partial charge on any atom is -0.184 e. The van der Waals surface area contributed by atoms with Crippen molar-refractivity contribution in [1.82, 2.24) is 0 Å². The van der Waals surface area contributed by atoms with E-state index < -0.39 is 8.07 Å². The van der Waals surface area contributed by atoms with Crippen LogP contribution >= 0.6 is 0 Å². The molecule has 0 nitrogen and oxygen atoms in total. The first-order valence-corrected chi connectivity index (χ1v) is 16.0. The molecule has 0 aliphatic heterocycles. The summed E-state index contributed by atoms with van der Waals surface area (Å²) in [4.78, 5) is 0. The van der Waals surface area contributed by atoms with Gasteiger partial charge in [0.1, 0.15) is 0 Å². The van der Waals surface area contributed by atoms with Gasteiger partial charge in [0.25, 0.3) is 0 Å². The van der Waals surface area contributed by atoms with Crippen LogP contribution < -0.4 is 20.7 Å². The van der Waals surface area contributed by atoms with Crippen LogP contribution in [-0.4, -0.2) is 8.07 Å². The van der Waals surface area contributed by atoms with Gasteiger partial charge in [-0.1, -0.05) is 83.1 Å². The third-order valence-corrected chi connectivity index (χ3v) is 9.83. The molecule has 0 unspecified atom stereocenters. The van der Waals surface area contributed by atoms with Gasteiger partial charge in [-0.25, -0.2) is 0 Å². The number of aryl methyl sites for hydroxylation is 4. The van der Waals surface area contributed by atoms with Crippen LogP contribution in [0.15, 0.2) is 72.8 Å². The van der Waals surface area contributed by atoms with E-state index in [1.807, 2.05) is 79.7 Å². The number of benzene rings is 4. The van der Waals surface area contributed by atoms with Gasteiger partial charge < -0.3 is 0 Å². The van der Waals surface area contributed by atoms with Crippen LogP contribution in [0.5, 0.6) is 0 Å². The van der Waals surface area contributed by atoms with Gasteiger partial charge in [-0.05, 0) is 0 Å². The molecule has 0 fully saturated rings. The quantitative estimate of drug-likeness (QED) is 0.118. The minimum atomic E-state index is -2.65. The molecule has 0 heterocycles. The van der Waals surface area contributed by atoms with Gasteiger partial charge in [0.05, 0.1) is 8.07 Å². The Balaban J connectivity index is -0.00000119. The van der Waals surface area contributed by atoms with Gasteiger partial charge >= 0.3 is 0 Å². The van der Waals surface area contributed by atoms with Crippen LogP contribution in [-0.2, 0) is 65.4 Å². The molecule has 0 aliphatic carbocycles. The molecule has 4 aromatic rings. The maximum atomic E-state index is 3.61. The number of hydrogen-bond acceptors (Lipinski definition) is 0. The second-order valence-corrected chi connectivity index (χ2v) is 11.5. The molecule has 3 heteroatoms. The first kappa shape index (κ1) is 42.8. The molecule has 4 aromatic carbocycles. The monoisotopic (exact) mass is 686 g/mol. The van der Waals surface area contributed by atoms with Crippen molar-refractivity contribution in [2.75, 3.05) is 0 Å². The van der Waals surface area contributed by atoms with Gasteiger partial charge in [0.2, 0.25) is 0 Å². The predicted molar refractivity (Wildman–Crippen MR) is 170 cm³/mol. The Morgan fingerprint density at radius 2 is 0.564 bits per heavy atom. The summed E-state index contributed by atoms with van der Waals surface area (Å²) in [5, 5.41) is 4.90. The summed E-state index contributed by atoms with van der Waals surface area (Å²) in [6.07, 6.45) is 0. The summed E-state index contributed by atoms with van der Waals surface area (Å²) >= 11 is 0. The Labute approximate surface area is 293 Å². The molecule has 39 heavy (non-hydrogen) atoms. The van der Waals surface area contributed by atoms with Gasteiger partial charge in [-0.15, -0.1) is 0 Å². The maximum Gasteiger partial charge on any atom is 0.0811 e. The smallest absolute Gasteiger partial charge is 0.0811 e. The Hall–Kier alpha value is -0.695. The van der Waals surface area contributed by atoms with Crippen molar-refractivity contribution >= 4 is 28.8 Å². The molecule has 0 aromatic heterocycles. The van der Waals surface area contributed by atoms with Crippen molar-refractivity contribution in [2.45, 2.75) is 83.1 Å². The summed E-state index contributed by atoms with van der Waals surface area (Å²) in [5.74, 6) is 0. The van der Waals surface area contributed by atoms with Crippen LogP contribution in [0, 0.1) is 52.0 Å². The third-order valence-electron chi connectivity index (χ3n) is 5.44. The zero-order chi connectivity index (χ0) is 28.4. The summed E-state index contributed by atoms with van der Waals surface area (Å²) < 4.78 is 0. The van der Waals surface area contributed by atoms with Crippen molar-refractivity contribution in [1.29, 1.82) is 0 Å². The molecule has 0 bridgehead atoms. The van der Waals surface area contributed by atoms with Crippen molar-refractivity contribution in [2.24, 2.45) is 0 Å². The summed E-state index contributed by atoms with van der Waals surface area (Å²) in [5.41, 5.74) is 4.96. The van der Waals surface area contributed by atoms with E-state index in [9.17, 15) is 0 Å². The van der Waals surface area contributed by atoms with E-state index in [0.29, 0.717) is 0 Å². The van der Waals surface area contributed by atoms with Gasteiger partial charge in [0.15, 0.2) is 0 Å². The van der Waals surface area contributed by atoms with Gasteiger partial charge in [-0.2, -0.15) is 140 Å². The largest absolute Gasteiger partial charge is 0.184 e. The molecule has 0 saturated heterocycles. The number of rotatable bonds is 4. The number of hydrogen-bond donors (Lipinski definition) is 0. The van der Waals surface area contributed by atoms with Crippen LogP contribution in [0.25, 0.3) is 0 Å². The molecule has 4 rings (SSSR count). The molecule has 0 spiro atoms. The van der Waals surface area contributed by atoms with E-state index in [-0.39, 0.29) is 65.4 Å². The standard InChI is InChI=1S/C28H24Si.4C2H6.2Y/c1-21-9-5-13-25(17-21)29(26-14-6-10-22(2)18-26,27-15-7-11-23(3)19-27)28-16-8-12-24(4)20-28;4*1-2;;/h5-12,17-20H,1-4H3;4*1-2H3;;/q-4;;;;;;. The van der Waals surface area contributed by atoms with Crippen molar-refractivity contribution in [3.05, 3.63) is 119 Å². The van der Waals surface area contributed by atoms with E-state index in [1.165, 1.54) is 43.0 Å².